The molecule has 1 rings (SSSR count). The largest absolute Gasteiger partial charge is 0.354 e. The Bertz CT molecular complexity index is 389. The third kappa shape index (κ3) is 2.03. The van der Waals surface area contributed by atoms with E-state index in [1.165, 1.54) is 13.1 Å². The summed E-state index contributed by atoms with van der Waals surface area (Å²) in [5.41, 5.74) is 0.369. The van der Waals surface area contributed by atoms with Gasteiger partial charge in [0.25, 0.3) is 11.6 Å². The van der Waals surface area contributed by atoms with Crippen molar-refractivity contribution in [2.45, 2.75) is 6.92 Å². The van der Waals surface area contributed by atoms with Crippen molar-refractivity contribution in [1.82, 2.24) is 10.3 Å². The van der Waals surface area contributed by atoms with Crippen LogP contribution in [0, 0.1) is 17.0 Å². The Labute approximate surface area is 80.1 Å². The fourth-order valence-electron chi connectivity index (χ4n) is 1.00. The number of aryl methyl sites for hydroxylation is 1. The summed E-state index contributed by atoms with van der Waals surface area (Å²) in [5.74, 6) is -0.434. The second kappa shape index (κ2) is 3.82. The monoisotopic (exact) mass is 195 g/mol. The highest BCUT2D eigenvalue weighted by atomic mass is 16.6. The first kappa shape index (κ1) is 10.1. The van der Waals surface area contributed by atoms with Gasteiger partial charge in [-0.25, -0.2) is 4.98 Å². The molecule has 6 nitrogen and oxygen atoms in total. The van der Waals surface area contributed by atoms with E-state index >= 15 is 0 Å². The Hall–Kier alpha value is -1.98. The topological polar surface area (TPSA) is 85.1 Å². The standard InChI is InChI=1S/C8H9N3O3/c1-5-3-6(11(13)14)4-7(10-5)8(12)9-2/h3-4H,1-2H3,(H,9,12). The van der Waals surface area contributed by atoms with Gasteiger partial charge in [0.1, 0.15) is 5.69 Å². The van der Waals surface area contributed by atoms with Crippen LogP contribution in [-0.4, -0.2) is 22.9 Å². The first-order chi connectivity index (χ1) is 6.54. The van der Waals surface area contributed by atoms with Crippen molar-refractivity contribution < 1.29 is 9.72 Å². The van der Waals surface area contributed by atoms with Gasteiger partial charge in [-0.05, 0) is 6.92 Å². The van der Waals surface area contributed by atoms with Crippen LogP contribution in [0.25, 0.3) is 0 Å². The summed E-state index contributed by atoms with van der Waals surface area (Å²) in [6.07, 6.45) is 0. The molecule has 0 aliphatic carbocycles. The van der Waals surface area contributed by atoms with Gasteiger partial charge < -0.3 is 5.32 Å². The van der Waals surface area contributed by atoms with Crippen molar-refractivity contribution in [2.24, 2.45) is 0 Å². The van der Waals surface area contributed by atoms with E-state index in [0.717, 1.165) is 6.07 Å². The van der Waals surface area contributed by atoms with E-state index in [-0.39, 0.29) is 11.4 Å². The fourth-order valence-corrected chi connectivity index (χ4v) is 1.00. The number of nitrogens with zero attached hydrogens (tertiary/aromatic N) is 2. The van der Waals surface area contributed by atoms with Gasteiger partial charge in [0.2, 0.25) is 0 Å². The van der Waals surface area contributed by atoms with Gasteiger partial charge >= 0.3 is 0 Å². The number of nitro groups is 1. The molecule has 0 aliphatic rings. The van der Waals surface area contributed by atoms with E-state index < -0.39 is 10.8 Å². The number of amides is 1. The summed E-state index contributed by atoms with van der Waals surface area (Å²) in [5, 5.41) is 12.8. The zero-order valence-electron chi connectivity index (χ0n) is 7.77. The third-order valence-corrected chi connectivity index (χ3v) is 1.61. The molecule has 0 saturated carbocycles. The van der Waals surface area contributed by atoms with Crippen LogP contribution in [0.2, 0.25) is 0 Å². The molecule has 0 spiro atoms. The van der Waals surface area contributed by atoms with Crippen molar-refractivity contribution >= 4 is 11.6 Å². The van der Waals surface area contributed by atoms with Gasteiger partial charge in [-0.2, -0.15) is 0 Å². The average Bonchev–Trinajstić information content (AvgIpc) is 2.15. The lowest BCUT2D eigenvalue weighted by atomic mass is 10.2. The highest BCUT2D eigenvalue weighted by Crippen LogP contribution is 2.13. The zero-order chi connectivity index (χ0) is 10.7. The van der Waals surface area contributed by atoms with Gasteiger partial charge in [-0.15, -0.1) is 0 Å². The van der Waals surface area contributed by atoms with Crippen LogP contribution in [0.5, 0.6) is 0 Å². The minimum Gasteiger partial charge on any atom is -0.354 e. The van der Waals surface area contributed by atoms with E-state index in [0.29, 0.717) is 5.69 Å². The van der Waals surface area contributed by atoms with Gasteiger partial charge in [-0.1, -0.05) is 0 Å². The molecule has 74 valence electrons. The van der Waals surface area contributed by atoms with E-state index in [1.54, 1.807) is 6.92 Å². The number of hydrogen-bond donors (Lipinski definition) is 1. The summed E-state index contributed by atoms with van der Waals surface area (Å²) in [4.78, 5) is 24.9. The van der Waals surface area contributed by atoms with Crippen LogP contribution < -0.4 is 5.32 Å². The first-order valence-corrected chi connectivity index (χ1v) is 3.89. The quantitative estimate of drug-likeness (QED) is 0.554. The molecule has 0 bridgehead atoms. The molecular weight excluding hydrogens is 186 g/mol. The molecule has 1 amide bonds. The molecule has 0 atom stereocenters. The van der Waals surface area contributed by atoms with Crippen molar-refractivity contribution in [2.75, 3.05) is 7.05 Å². The zero-order valence-corrected chi connectivity index (χ0v) is 7.77. The van der Waals surface area contributed by atoms with Crippen LogP contribution in [0.3, 0.4) is 0 Å². The Morgan fingerprint density at radius 2 is 2.21 bits per heavy atom. The van der Waals surface area contributed by atoms with E-state index in [9.17, 15) is 14.9 Å². The normalized spacial score (nSPS) is 9.57. The number of aromatic nitrogens is 1. The number of carbonyl (C=O) groups is 1. The van der Waals surface area contributed by atoms with Crippen LogP contribution >= 0.6 is 0 Å². The van der Waals surface area contributed by atoms with E-state index in [1.807, 2.05) is 0 Å². The number of rotatable bonds is 2. The van der Waals surface area contributed by atoms with Crippen molar-refractivity contribution in [1.29, 1.82) is 0 Å². The van der Waals surface area contributed by atoms with Crippen LogP contribution in [-0.2, 0) is 0 Å². The highest BCUT2D eigenvalue weighted by molar-refractivity contribution is 5.92. The Morgan fingerprint density at radius 3 is 2.71 bits per heavy atom. The van der Waals surface area contributed by atoms with Crippen LogP contribution in [0.15, 0.2) is 12.1 Å². The molecule has 0 fully saturated rings. The SMILES string of the molecule is CNC(=O)c1cc([N+](=O)[O-])cc(C)n1. The van der Waals surface area contributed by atoms with Gasteiger partial charge in [0, 0.05) is 24.9 Å². The van der Waals surface area contributed by atoms with Crippen molar-refractivity contribution in [3.63, 3.8) is 0 Å². The fraction of sp³-hybridized carbons (Fsp3) is 0.250. The predicted octanol–water partition coefficient (Wildman–Crippen LogP) is 0.658. The molecule has 1 heterocycles. The maximum absolute atomic E-state index is 11.1. The van der Waals surface area contributed by atoms with Crippen molar-refractivity contribution in [3.05, 3.63) is 33.6 Å². The summed E-state index contributed by atoms with van der Waals surface area (Å²) < 4.78 is 0. The highest BCUT2D eigenvalue weighted by Gasteiger charge is 2.13. The number of hydrogen-bond acceptors (Lipinski definition) is 4. The minimum atomic E-state index is -0.554. The molecule has 1 aromatic heterocycles. The smallest absolute Gasteiger partial charge is 0.273 e. The molecule has 0 radical (unpaired) electrons. The molecule has 0 aliphatic heterocycles. The Kier molecular flexibility index (Phi) is 2.76. The molecular formula is C8H9N3O3. The minimum absolute atomic E-state index is 0.0548. The lowest BCUT2D eigenvalue weighted by Crippen LogP contribution is -2.19. The van der Waals surface area contributed by atoms with Crippen LogP contribution in [0.4, 0.5) is 5.69 Å². The second-order valence-electron chi connectivity index (χ2n) is 2.69. The number of pyridine rings is 1. The molecule has 6 heteroatoms. The lowest BCUT2D eigenvalue weighted by molar-refractivity contribution is -0.385. The van der Waals surface area contributed by atoms with E-state index in [2.05, 4.69) is 10.3 Å². The molecule has 0 saturated heterocycles. The maximum Gasteiger partial charge on any atom is 0.273 e. The summed E-state index contributed by atoms with van der Waals surface area (Å²) in [6, 6.07) is 2.46. The Balaban J connectivity index is 3.20. The summed E-state index contributed by atoms with van der Waals surface area (Å²) in [7, 11) is 1.44. The lowest BCUT2D eigenvalue weighted by Gasteiger charge is -2.00. The summed E-state index contributed by atoms with van der Waals surface area (Å²) >= 11 is 0. The summed E-state index contributed by atoms with van der Waals surface area (Å²) in [6.45, 7) is 1.60. The average molecular weight is 195 g/mol. The predicted molar refractivity (Wildman–Crippen MR) is 49.0 cm³/mol. The molecule has 0 aromatic carbocycles. The molecule has 1 aromatic rings. The molecule has 1 N–H and O–H groups in total. The number of nitrogens with one attached hydrogen (secondary N) is 1. The van der Waals surface area contributed by atoms with Crippen LogP contribution in [0.1, 0.15) is 16.2 Å². The number of carbonyl (C=O) groups excluding carboxylic acids is 1. The Morgan fingerprint density at radius 1 is 1.57 bits per heavy atom. The first-order valence-electron chi connectivity index (χ1n) is 3.89. The maximum atomic E-state index is 11.1. The second-order valence-corrected chi connectivity index (χ2v) is 2.69. The van der Waals surface area contributed by atoms with E-state index in [4.69, 9.17) is 0 Å². The van der Waals surface area contributed by atoms with Gasteiger partial charge in [0.05, 0.1) is 4.92 Å². The van der Waals surface area contributed by atoms with Gasteiger partial charge in [0.15, 0.2) is 0 Å². The molecule has 0 unspecified atom stereocenters. The van der Waals surface area contributed by atoms with Crippen molar-refractivity contribution in [3.8, 4) is 0 Å². The third-order valence-electron chi connectivity index (χ3n) is 1.61. The molecule has 14 heavy (non-hydrogen) atoms. The van der Waals surface area contributed by atoms with Gasteiger partial charge in [-0.3, -0.25) is 14.9 Å².